The SMILES string of the molecule is Cc1cc(C(=O)N2CCC[C@@H]2C(=O)O)c(C)n1-c1ccccc1. The minimum Gasteiger partial charge on any atom is -0.480 e. The first-order valence-electron chi connectivity index (χ1n) is 7.79. The summed E-state index contributed by atoms with van der Waals surface area (Å²) in [4.78, 5) is 25.6. The van der Waals surface area contributed by atoms with Crippen LogP contribution in [-0.2, 0) is 4.79 Å². The van der Waals surface area contributed by atoms with E-state index >= 15 is 0 Å². The molecule has 1 amide bonds. The predicted octanol–water partition coefficient (Wildman–Crippen LogP) is 2.78. The van der Waals surface area contributed by atoms with Crippen molar-refractivity contribution in [1.29, 1.82) is 0 Å². The second-order valence-electron chi connectivity index (χ2n) is 5.95. The average Bonchev–Trinajstić information content (AvgIpc) is 3.12. The molecular formula is C18H20N2O3. The molecule has 0 radical (unpaired) electrons. The van der Waals surface area contributed by atoms with E-state index in [0.717, 1.165) is 23.5 Å². The van der Waals surface area contributed by atoms with Crippen LogP contribution in [0.1, 0.15) is 34.6 Å². The van der Waals surface area contributed by atoms with Crippen LogP contribution in [0.25, 0.3) is 5.69 Å². The molecule has 2 heterocycles. The predicted molar refractivity (Wildman–Crippen MR) is 86.9 cm³/mol. The minimum atomic E-state index is -0.923. The molecule has 1 atom stereocenters. The number of para-hydroxylation sites is 1. The molecule has 1 N–H and O–H groups in total. The van der Waals surface area contributed by atoms with Gasteiger partial charge in [-0.2, -0.15) is 0 Å². The summed E-state index contributed by atoms with van der Waals surface area (Å²) in [5.41, 5.74) is 3.38. The van der Waals surface area contributed by atoms with E-state index in [1.54, 1.807) is 0 Å². The van der Waals surface area contributed by atoms with Crippen LogP contribution >= 0.6 is 0 Å². The number of carbonyl (C=O) groups is 2. The monoisotopic (exact) mass is 312 g/mol. The molecule has 0 aliphatic carbocycles. The number of rotatable bonds is 3. The van der Waals surface area contributed by atoms with Crippen molar-refractivity contribution in [3.8, 4) is 5.69 Å². The molecule has 1 aromatic carbocycles. The highest BCUT2D eigenvalue weighted by Crippen LogP contribution is 2.25. The molecule has 5 heteroatoms. The molecule has 0 saturated carbocycles. The van der Waals surface area contributed by atoms with Gasteiger partial charge in [-0.05, 0) is 44.9 Å². The first-order valence-corrected chi connectivity index (χ1v) is 7.79. The van der Waals surface area contributed by atoms with Crippen molar-refractivity contribution in [3.05, 3.63) is 53.3 Å². The van der Waals surface area contributed by atoms with Crippen molar-refractivity contribution < 1.29 is 14.7 Å². The summed E-state index contributed by atoms with van der Waals surface area (Å²) in [6.07, 6.45) is 1.26. The number of benzene rings is 1. The summed E-state index contributed by atoms with van der Waals surface area (Å²) in [6.45, 7) is 4.36. The summed E-state index contributed by atoms with van der Waals surface area (Å²) in [5.74, 6) is -1.11. The first-order chi connectivity index (χ1) is 11.0. The third-order valence-corrected chi connectivity index (χ3v) is 4.47. The molecule has 3 rings (SSSR count). The van der Waals surface area contributed by atoms with Crippen molar-refractivity contribution in [2.45, 2.75) is 32.7 Å². The smallest absolute Gasteiger partial charge is 0.326 e. The number of likely N-dealkylation sites (tertiary alicyclic amines) is 1. The molecule has 1 aromatic heterocycles. The number of hydrogen-bond acceptors (Lipinski definition) is 2. The Kier molecular flexibility index (Phi) is 3.94. The van der Waals surface area contributed by atoms with Gasteiger partial charge < -0.3 is 14.6 Å². The van der Waals surface area contributed by atoms with Gasteiger partial charge in [0, 0.05) is 23.6 Å². The quantitative estimate of drug-likeness (QED) is 0.948. The molecule has 120 valence electrons. The maximum atomic E-state index is 12.8. The number of amides is 1. The second kappa shape index (κ2) is 5.91. The number of carboxylic acid groups (broad SMARTS) is 1. The van der Waals surface area contributed by atoms with Crippen molar-refractivity contribution in [2.75, 3.05) is 6.54 Å². The molecule has 0 unspecified atom stereocenters. The van der Waals surface area contributed by atoms with Crippen LogP contribution in [0.5, 0.6) is 0 Å². The van der Waals surface area contributed by atoms with Gasteiger partial charge in [0.2, 0.25) is 0 Å². The van der Waals surface area contributed by atoms with Crippen molar-refractivity contribution in [2.24, 2.45) is 0 Å². The molecular weight excluding hydrogens is 292 g/mol. The lowest BCUT2D eigenvalue weighted by atomic mass is 10.2. The number of aromatic nitrogens is 1. The average molecular weight is 312 g/mol. The molecule has 1 aliphatic heterocycles. The number of carbonyl (C=O) groups excluding carboxylic acids is 1. The zero-order chi connectivity index (χ0) is 16.6. The van der Waals surface area contributed by atoms with Crippen LogP contribution in [0.2, 0.25) is 0 Å². The largest absolute Gasteiger partial charge is 0.480 e. The normalized spacial score (nSPS) is 17.5. The summed E-state index contributed by atoms with van der Waals surface area (Å²) in [5, 5.41) is 9.29. The molecule has 1 saturated heterocycles. The van der Waals surface area contributed by atoms with Crippen LogP contribution in [0.4, 0.5) is 0 Å². The Morgan fingerprint density at radius 2 is 1.87 bits per heavy atom. The maximum absolute atomic E-state index is 12.8. The van der Waals surface area contributed by atoms with Gasteiger partial charge in [0.1, 0.15) is 6.04 Å². The zero-order valence-electron chi connectivity index (χ0n) is 13.3. The molecule has 5 nitrogen and oxygen atoms in total. The van der Waals surface area contributed by atoms with E-state index in [-0.39, 0.29) is 5.91 Å². The Labute approximate surface area is 135 Å². The van der Waals surface area contributed by atoms with Crippen LogP contribution in [0, 0.1) is 13.8 Å². The summed E-state index contributed by atoms with van der Waals surface area (Å²) in [6, 6.07) is 11.0. The molecule has 2 aromatic rings. The topological polar surface area (TPSA) is 62.5 Å². The van der Waals surface area contributed by atoms with Crippen LogP contribution in [0.15, 0.2) is 36.4 Å². The molecule has 1 fully saturated rings. The number of hydrogen-bond donors (Lipinski definition) is 1. The van der Waals surface area contributed by atoms with Crippen molar-refractivity contribution in [1.82, 2.24) is 9.47 Å². The fourth-order valence-corrected chi connectivity index (χ4v) is 3.37. The standard InChI is InChI=1S/C18H20N2O3/c1-12-11-15(13(2)20(12)14-7-4-3-5-8-14)17(21)19-10-6-9-16(19)18(22)23/h3-5,7-8,11,16H,6,9-10H2,1-2H3,(H,22,23)/t16-/m1/s1. The Balaban J connectivity index is 1.98. The third-order valence-electron chi connectivity index (χ3n) is 4.47. The number of aliphatic carboxylic acids is 1. The fourth-order valence-electron chi connectivity index (χ4n) is 3.37. The highest BCUT2D eigenvalue weighted by molar-refractivity contribution is 5.98. The number of aryl methyl sites for hydroxylation is 1. The van der Waals surface area contributed by atoms with E-state index in [4.69, 9.17) is 0 Å². The van der Waals surface area contributed by atoms with Gasteiger partial charge in [-0.3, -0.25) is 4.79 Å². The van der Waals surface area contributed by atoms with E-state index in [0.29, 0.717) is 18.5 Å². The number of nitrogens with zero attached hydrogens (tertiary/aromatic N) is 2. The van der Waals surface area contributed by atoms with E-state index in [1.165, 1.54) is 4.90 Å². The van der Waals surface area contributed by atoms with Gasteiger partial charge in [-0.1, -0.05) is 18.2 Å². The second-order valence-corrected chi connectivity index (χ2v) is 5.95. The maximum Gasteiger partial charge on any atom is 0.326 e. The van der Waals surface area contributed by atoms with Gasteiger partial charge in [-0.15, -0.1) is 0 Å². The Morgan fingerprint density at radius 3 is 2.52 bits per heavy atom. The van der Waals surface area contributed by atoms with Crippen LogP contribution in [-0.4, -0.2) is 39.0 Å². The van der Waals surface area contributed by atoms with E-state index in [2.05, 4.69) is 0 Å². The van der Waals surface area contributed by atoms with E-state index < -0.39 is 12.0 Å². The third kappa shape index (κ3) is 2.63. The Morgan fingerprint density at radius 1 is 1.17 bits per heavy atom. The highest BCUT2D eigenvalue weighted by Gasteiger charge is 2.35. The molecule has 1 aliphatic rings. The lowest BCUT2D eigenvalue weighted by Crippen LogP contribution is -2.40. The highest BCUT2D eigenvalue weighted by atomic mass is 16.4. The first kappa shape index (κ1) is 15.3. The molecule has 0 spiro atoms. The van der Waals surface area contributed by atoms with Crippen molar-refractivity contribution in [3.63, 3.8) is 0 Å². The van der Waals surface area contributed by atoms with Crippen LogP contribution in [0.3, 0.4) is 0 Å². The fraction of sp³-hybridized carbons (Fsp3) is 0.333. The van der Waals surface area contributed by atoms with Gasteiger partial charge in [0.15, 0.2) is 0 Å². The van der Waals surface area contributed by atoms with Crippen molar-refractivity contribution >= 4 is 11.9 Å². The Hall–Kier alpha value is -2.56. The van der Waals surface area contributed by atoms with Gasteiger partial charge in [0.05, 0.1) is 5.56 Å². The molecule has 23 heavy (non-hydrogen) atoms. The van der Waals surface area contributed by atoms with Gasteiger partial charge in [0.25, 0.3) is 5.91 Å². The lowest BCUT2D eigenvalue weighted by molar-refractivity contribution is -0.141. The van der Waals surface area contributed by atoms with E-state index in [1.807, 2.05) is 54.8 Å². The molecule has 0 bridgehead atoms. The van der Waals surface area contributed by atoms with E-state index in [9.17, 15) is 14.7 Å². The summed E-state index contributed by atoms with van der Waals surface area (Å²) < 4.78 is 2.03. The zero-order valence-corrected chi connectivity index (χ0v) is 13.3. The van der Waals surface area contributed by atoms with Gasteiger partial charge >= 0.3 is 5.97 Å². The number of carboxylic acids is 1. The van der Waals surface area contributed by atoms with Crippen LogP contribution < -0.4 is 0 Å². The lowest BCUT2D eigenvalue weighted by Gasteiger charge is -2.21. The summed E-state index contributed by atoms with van der Waals surface area (Å²) >= 11 is 0. The van der Waals surface area contributed by atoms with Gasteiger partial charge in [-0.25, -0.2) is 4.79 Å². The minimum absolute atomic E-state index is 0.190. The summed E-state index contributed by atoms with van der Waals surface area (Å²) in [7, 11) is 0. The Bertz CT molecular complexity index is 749.